The second-order valence-electron chi connectivity index (χ2n) is 16.5. The van der Waals surface area contributed by atoms with Gasteiger partial charge in [-0.1, -0.05) is 32.9 Å². The van der Waals surface area contributed by atoms with Crippen LogP contribution in [0.3, 0.4) is 0 Å². The lowest BCUT2D eigenvalue weighted by atomic mass is 9.43. The van der Waals surface area contributed by atoms with Crippen molar-refractivity contribution >= 4 is 23.8 Å². The molecule has 8 rings (SSSR count). The van der Waals surface area contributed by atoms with Crippen molar-refractivity contribution in [1.82, 2.24) is 19.7 Å². The van der Waals surface area contributed by atoms with Gasteiger partial charge in [0.1, 0.15) is 23.3 Å². The first-order valence-corrected chi connectivity index (χ1v) is 19.4. The number of morpholine rings is 1. The first-order chi connectivity index (χ1) is 26.4. The number of anilines is 1. The van der Waals surface area contributed by atoms with E-state index in [9.17, 15) is 19.8 Å². The van der Waals surface area contributed by atoms with Crippen LogP contribution in [0.1, 0.15) is 52.9 Å². The molecule has 1 amide bonds. The molecule has 7 aliphatic rings. The van der Waals surface area contributed by atoms with E-state index >= 15 is 0 Å². The largest absolute Gasteiger partial charge is 0.423 e. The summed E-state index contributed by atoms with van der Waals surface area (Å²) in [6.07, 6.45) is 14.2. The monoisotopic (exact) mass is 759 g/mol. The average molecular weight is 760 g/mol. The fourth-order valence-electron chi connectivity index (χ4n) is 10.8. The maximum absolute atomic E-state index is 13.9. The SMILES string of the molecule is CCC1C(=O)N2C=C(/C=C3\C=C(C(CC4C5(CO5)C(N5CCOCC5)CC5[C@]4(C)CC[C@@H](O)[C@@]5(C)CO)Nc4ccccn4)C(=O)O3)C=CC2N1C.O=C=O. The molecule has 1 spiro atoms. The van der Waals surface area contributed by atoms with Crippen molar-refractivity contribution in [2.45, 2.75) is 88.9 Å². The van der Waals surface area contributed by atoms with Gasteiger partial charge in [-0.2, -0.15) is 9.59 Å². The van der Waals surface area contributed by atoms with E-state index in [-0.39, 0.29) is 54.2 Å². The zero-order valence-corrected chi connectivity index (χ0v) is 32.1. The predicted molar refractivity (Wildman–Crippen MR) is 198 cm³/mol. The molecule has 296 valence electrons. The predicted octanol–water partition coefficient (Wildman–Crippen LogP) is 2.63. The number of carbonyl (C=O) groups is 2. The number of pyridine rings is 1. The number of ether oxygens (including phenoxy) is 3. The highest BCUT2D eigenvalue weighted by Gasteiger charge is 2.71. The topological polar surface area (TPSA) is 174 Å². The molecule has 14 nitrogen and oxygen atoms in total. The number of aliphatic hydroxyl groups excluding tert-OH is 2. The second-order valence-corrected chi connectivity index (χ2v) is 16.5. The van der Waals surface area contributed by atoms with Gasteiger partial charge in [0.2, 0.25) is 5.91 Å². The van der Waals surface area contributed by atoms with Crippen LogP contribution < -0.4 is 5.32 Å². The van der Waals surface area contributed by atoms with Crippen molar-refractivity contribution in [3.8, 4) is 0 Å². The number of epoxide rings is 1. The Balaban J connectivity index is 0.00000150. The normalized spacial score (nSPS) is 38.3. The van der Waals surface area contributed by atoms with Crippen molar-refractivity contribution in [3.05, 3.63) is 71.8 Å². The van der Waals surface area contributed by atoms with Gasteiger partial charge in [-0.15, -0.1) is 0 Å². The number of aliphatic hydroxyl groups is 2. The molecule has 6 heterocycles. The minimum absolute atomic E-state index is 0.0153. The lowest BCUT2D eigenvalue weighted by Crippen LogP contribution is -2.68. The molecular weight excluding hydrogens is 706 g/mol. The lowest BCUT2D eigenvalue weighted by Gasteiger charge is -2.64. The van der Waals surface area contributed by atoms with E-state index < -0.39 is 29.1 Å². The van der Waals surface area contributed by atoms with Gasteiger partial charge < -0.3 is 29.7 Å². The van der Waals surface area contributed by atoms with Crippen molar-refractivity contribution in [2.24, 2.45) is 22.7 Å². The van der Waals surface area contributed by atoms with E-state index in [0.29, 0.717) is 49.8 Å². The molecule has 3 N–H and O–H groups in total. The van der Waals surface area contributed by atoms with Gasteiger partial charge in [0.15, 0.2) is 0 Å². The molecule has 3 saturated heterocycles. The molecule has 14 heteroatoms. The van der Waals surface area contributed by atoms with Crippen molar-refractivity contribution in [3.63, 3.8) is 0 Å². The number of rotatable bonds is 9. The Morgan fingerprint density at radius 3 is 2.58 bits per heavy atom. The molecule has 0 radical (unpaired) electrons. The third-order valence-electron chi connectivity index (χ3n) is 13.8. The summed E-state index contributed by atoms with van der Waals surface area (Å²) in [6.45, 7) is 9.82. The summed E-state index contributed by atoms with van der Waals surface area (Å²) < 4.78 is 18.3. The van der Waals surface area contributed by atoms with Crippen LogP contribution in [-0.4, -0.2) is 130 Å². The fourth-order valence-corrected chi connectivity index (χ4v) is 10.8. The Labute approximate surface area is 321 Å². The Kier molecular flexibility index (Phi) is 11.1. The maximum atomic E-state index is 13.9. The van der Waals surface area contributed by atoms with E-state index in [1.807, 2.05) is 69.6 Å². The third-order valence-corrected chi connectivity index (χ3v) is 13.8. The number of amides is 1. The van der Waals surface area contributed by atoms with Crippen LogP contribution in [0.4, 0.5) is 5.82 Å². The molecule has 0 bridgehead atoms. The summed E-state index contributed by atoms with van der Waals surface area (Å²) in [5.74, 6) is 0.709. The number of nitrogens with one attached hydrogen (secondary N) is 1. The van der Waals surface area contributed by atoms with Crippen molar-refractivity contribution in [2.75, 3.05) is 51.9 Å². The summed E-state index contributed by atoms with van der Waals surface area (Å²) in [7, 11) is 1.97. The average Bonchev–Trinajstić information content (AvgIpc) is 3.82. The van der Waals surface area contributed by atoms with Crippen LogP contribution in [0.5, 0.6) is 0 Å². The van der Waals surface area contributed by atoms with Crippen molar-refractivity contribution in [1.29, 1.82) is 0 Å². The van der Waals surface area contributed by atoms with Crippen LogP contribution in [0.15, 0.2) is 71.8 Å². The number of esters is 1. The highest BCUT2D eigenvalue weighted by Crippen LogP contribution is 2.67. The number of carbonyl (C=O) groups excluding carboxylic acids is 4. The Hall–Kier alpha value is -4.01. The van der Waals surface area contributed by atoms with E-state index in [4.69, 9.17) is 23.8 Å². The first-order valence-electron chi connectivity index (χ1n) is 19.4. The summed E-state index contributed by atoms with van der Waals surface area (Å²) in [6, 6.07) is 5.13. The summed E-state index contributed by atoms with van der Waals surface area (Å²) in [4.78, 5) is 54.2. The van der Waals surface area contributed by atoms with Gasteiger partial charge in [-0.25, -0.2) is 9.78 Å². The smallest absolute Gasteiger partial charge is 0.373 e. The number of aromatic nitrogens is 1. The number of nitrogens with zero attached hydrogens (tertiary/aromatic N) is 4. The summed E-state index contributed by atoms with van der Waals surface area (Å²) >= 11 is 0. The molecular formula is C41H53N5O9. The maximum Gasteiger partial charge on any atom is 0.373 e. The highest BCUT2D eigenvalue weighted by molar-refractivity contribution is 5.95. The molecule has 55 heavy (non-hydrogen) atoms. The van der Waals surface area contributed by atoms with Crippen LogP contribution in [0.25, 0.3) is 0 Å². The van der Waals surface area contributed by atoms with Gasteiger partial charge in [-0.05, 0) is 92.3 Å². The number of fused-ring (bicyclic) bond motifs is 2. The van der Waals surface area contributed by atoms with E-state index in [1.54, 1.807) is 11.1 Å². The van der Waals surface area contributed by atoms with Crippen molar-refractivity contribution < 1.29 is 43.6 Å². The number of hydrogen-bond donors (Lipinski definition) is 3. The minimum atomic E-state index is -0.680. The third kappa shape index (κ3) is 6.92. The van der Waals surface area contributed by atoms with E-state index in [1.165, 1.54) is 0 Å². The molecule has 10 atom stereocenters. The minimum Gasteiger partial charge on any atom is -0.423 e. The molecule has 2 saturated carbocycles. The Morgan fingerprint density at radius 2 is 1.93 bits per heavy atom. The summed E-state index contributed by atoms with van der Waals surface area (Å²) in [5, 5.41) is 25.9. The van der Waals surface area contributed by atoms with Gasteiger partial charge in [0.05, 0.1) is 50.2 Å². The summed E-state index contributed by atoms with van der Waals surface area (Å²) in [5.41, 5.74) is -0.131. The Morgan fingerprint density at radius 1 is 1.18 bits per heavy atom. The fraction of sp³-hybridized carbons (Fsp3) is 0.610. The number of cyclic esters (lactones) is 1. The molecule has 2 aliphatic carbocycles. The molecule has 5 aliphatic heterocycles. The van der Waals surface area contributed by atoms with Gasteiger partial charge in [0, 0.05) is 36.9 Å². The van der Waals surface area contributed by atoms with E-state index in [2.05, 4.69) is 27.0 Å². The number of likely N-dealkylation sites (N-methyl/N-ethyl adjacent to an activating group) is 1. The van der Waals surface area contributed by atoms with Crippen LogP contribution in [-0.2, 0) is 33.4 Å². The first kappa shape index (κ1) is 39.2. The van der Waals surface area contributed by atoms with Crippen LogP contribution in [0.2, 0.25) is 0 Å². The van der Waals surface area contributed by atoms with Gasteiger partial charge >= 0.3 is 12.1 Å². The quantitative estimate of drug-likeness (QED) is 0.248. The number of hydrogen-bond acceptors (Lipinski definition) is 13. The molecule has 7 unspecified atom stereocenters. The highest BCUT2D eigenvalue weighted by atomic mass is 16.6. The lowest BCUT2D eigenvalue weighted by molar-refractivity contribution is -0.197. The standard InChI is InChI=1S/C40H53N5O7.CO2/c1-5-29-36(48)45-22-25(9-10-35(45)43(29)4)18-26-19-27(37(49)52-26)28(42-34-8-6-7-13-41-34)20-31-38(2)12-11-33(47)39(3,23-46)30(38)21-32(40(31)24-51-40)44-14-16-50-17-15-44;2-1-3/h6-10,13,18-19,22,28-33,35,46-47H,5,11-12,14-17,20-21,23-24H2,1-4H3,(H,41,42);/b26-18+;/t28?,29?,30?,31?,32?,33-,35?,38+,39+,40?;/m1./s1. The molecule has 0 aromatic carbocycles. The van der Waals surface area contributed by atoms with Crippen LogP contribution >= 0.6 is 0 Å². The molecule has 1 aromatic heterocycles. The van der Waals surface area contributed by atoms with Gasteiger partial charge in [0.25, 0.3) is 0 Å². The van der Waals surface area contributed by atoms with E-state index in [0.717, 1.165) is 37.9 Å². The number of allylic oxidation sites excluding steroid dienone is 4. The second kappa shape index (κ2) is 15.5. The Bertz CT molecular complexity index is 1780. The molecule has 5 fully saturated rings. The zero-order valence-electron chi connectivity index (χ0n) is 32.1. The zero-order chi connectivity index (χ0) is 39.1. The van der Waals surface area contributed by atoms with Crippen LogP contribution in [0, 0.1) is 22.7 Å². The van der Waals surface area contributed by atoms with Gasteiger partial charge in [-0.3, -0.25) is 19.5 Å². The molecule has 1 aromatic rings.